The first-order valence-corrected chi connectivity index (χ1v) is 6.56. The molecule has 0 radical (unpaired) electrons. The van der Waals surface area contributed by atoms with Crippen LogP contribution in [-0.2, 0) is 0 Å². The van der Waals surface area contributed by atoms with Crippen molar-refractivity contribution in [2.75, 3.05) is 17.2 Å². The Morgan fingerprint density at radius 1 is 1.40 bits per heavy atom. The third-order valence-corrected chi connectivity index (χ3v) is 4.87. The molecule has 1 aliphatic heterocycles. The number of aliphatic hydroxyl groups is 1. The van der Waals surface area contributed by atoms with E-state index in [1.165, 1.54) is 5.56 Å². The largest absolute Gasteiger partial charge is 0.398 e. The number of nitrogen functional groups attached to an aromatic ring is 1. The van der Waals surface area contributed by atoms with E-state index in [-0.39, 0.29) is 0 Å². The summed E-state index contributed by atoms with van der Waals surface area (Å²) in [7, 11) is 0. The van der Waals surface area contributed by atoms with Gasteiger partial charge >= 0.3 is 0 Å². The minimum Gasteiger partial charge on any atom is -0.398 e. The van der Waals surface area contributed by atoms with E-state index in [1.807, 2.05) is 17.8 Å². The molecular formula is C11H12ClNOS. The first-order chi connectivity index (χ1) is 7.18. The van der Waals surface area contributed by atoms with E-state index >= 15 is 0 Å². The predicted molar refractivity (Wildman–Crippen MR) is 64.4 cm³/mol. The van der Waals surface area contributed by atoms with Crippen LogP contribution >= 0.6 is 23.4 Å². The molecule has 1 aromatic rings. The van der Waals surface area contributed by atoms with Crippen LogP contribution in [0.1, 0.15) is 23.1 Å². The summed E-state index contributed by atoms with van der Waals surface area (Å²) in [5.41, 5.74) is 8.65. The third kappa shape index (κ3) is 1.30. The molecule has 0 bridgehead atoms. The zero-order chi connectivity index (χ0) is 10.6. The molecule has 80 valence electrons. The van der Waals surface area contributed by atoms with Crippen molar-refractivity contribution >= 4 is 29.1 Å². The molecule has 3 rings (SSSR count). The van der Waals surface area contributed by atoms with Crippen molar-refractivity contribution in [2.24, 2.45) is 5.92 Å². The molecule has 1 aromatic carbocycles. The van der Waals surface area contributed by atoms with Gasteiger partial charge in [-0.3, -0.25) is 0 Å². The van der Waals surface area contributed by atoms with E-state index < -0.39 is 6.10 Å². The predicted octanol–water partition coefficient (Wildman–Crippen LogP) is 2.42. The summed E-state index contributed by atoms with van der Waals surface area (Å²) in [5, 5.41) is 10.9. The monoisotopic (exact) mass is 241 g/mol. The standard InChI is InChI=1S/C11H12ClNOS/c12-5-1-6-7-3-15-4-8(7)11(14)10(6)9(13)2-5/h1-2,7-8,11,14H,3-4,13H2. The molecule has 3 atom stereocenters. The Bertz CT molecular complexity index is 423. The van der Waals surface area contributed by atoms with Gasteiger partial charge in [-0.15, -0.1) is 0 Å². The molecule has 0 amide bonds. The van der Waals surface area contributed by atoms with E-state index in [1.54, 1.807) is 6.07 Å². The fraction of sp³-hybridized carbons (Fsp3) is 0.455. The first kappa shape index (κ1) is 9.82. The van der Waals surface area contributed by atoms with Gasteiger partial charge in [0, 0.05) is 27.9 Å². The van der Waals surface area contributed by atoms with E-state index in [0.29, 0.717) is 22.5 Å². The highest BCUT2D eigenvalue weighted by Gasteiger charge is 2.44. The second kappa shape index (κ2) is 3.30. The highest BCUT2D eigenvalue weighted by molar-refractivity contribution is 7.99. The summed E-state index contributed by atoms with van der Waals surface area (Å²) >= 11 is 7.90. The number of hydrogen-bond donors (Lipinski definition) is 2. The van der Waals surface area contributed by atoms with Crippen LogP contribution in [0.15, 0.2) is 12.1 Å². The molecule has 1 saturated heterocycles. The lowest BCUT2D eigenvalue weighted by atomic mass is 9.96. The molecule has 0 aromatic heterocycles. The zero-order valence-electron chi connectivity index (χ0n) is 8.11. The second-order valence-electron chi connectivity index (χ2n) is 4.25. The van der Waals surface area contributed by atoms with Gasteiger partial charge in [-0.2, -0.15) is 11.8 Å². The Labute approximate surface area is 97.8 Å². The highest BCUT2D eigenvalue weighted by Crippen LogP contribution is 2.54. The number of rotatable bonds is 0. The molecule has 4 heteroatoms. The Kier molecular flexibility index (Phi) is 2.16. The molecule has 3 unspecified atom stereocenters. The number of thioether (sulfide) groups is 1. The van der Waals surface area contributed by atoms with Crippen molar-refractivity contribution in [3.63, 3.8) is 0 Å². The molecule has 2 aliphatic rings. The number of aliphatic hydroxyl groups excluding tert-OH is 1. The topological polar surface area (TPSA) is 46.2 Å². The maximum Gasteiger partial charge on any atom is 0.0854 e. The molecule has 1 heterocycles. The summed E-state index contributed by atoms with van der Waals surface area (Å²) in [6.45, 7) is 0. The van der Waals surface area contributed by atoms with Gasteiger partial charge in [0.2, 0.25) is 0 Å². The maximum atomic E-state index is 10.2. The second-order valence-corrected chi connectivity index (χ2v) is 5.76. The number of fused-ring (bicyclic) bond motifs is 3. The van der Waals surface area contributed by atoms with Gasteiger partial charge in [0.15, 0.2) is 0 Å². The Balaban J connectivity index is 2.19. The minimum absolute atomic E-state index is 0.339. The molecular weight excluding hydrogens is 230 g/mol. The van der Waals surface area contributed by atoms with E-state index in [9.17, 15) is 5.11 Å². The summed E-state index contributed by atoms with van der Waals surface area (Å²) in [4.78, 5) is 0. The number of hydrogen-bond acceptors (Lipinski definition) is 3. The van der Waals surface area contributed by atoms with Crippen LogP contribution in [-0.4, -0.2) is 16.6 Å². The lowest BCUT2D eigenvalue weighted by Gasteiger charge is -2.12. The van der Waals surface area contributed by atoms with Crippen molar-refractivity contribution in [1.29, 1.82) is 0 Å². The average molecular weight is 242 g/mol. The lowest BCUT2D eigenvalue weighted by molar-refractivity contribution is 0.130. The quantitative estimate of drug-likeness (QED) is 0.686. The minimum atomic E-state index is -0.391. The fourth-order valence-electron chi connectivity index (χ4n) is 2.73. The molecule has 0 saturated carbocycles. The smallest absolute Gasteiger partial charge is 0.0854 e. The number of halogens is 1. The van der Waals surface area contributed by atoms with Gasteiger partial charge in [0.25, 0.3) is 0 Å². The van der Waals surface area contributed by atoms with Crippen LogP contribution in [0.25, 0.3) is 0 Å². The maximum absolute atomic E-state index is 10.2. The number of benzene rings is 1. The van der Waals surface area contributed by atoms with Crippen LogP contribution < -0.4 is 5.73 Å². The van der Waals surface area contributed by atoms with E-state index in [4.69, 9.17) is 17.3 Å². The normalized spacial score (nSPS) is 32.8. The van der Waals surface area contributed by atoms with Crippen LogP contribution in [0, 0.1) is 5.92 Å². The summed E-state index contributed by atoms with van der Waals surface area (Å²) in [6, 6.07) is 3.70. The van der Waals surface area contributed by atoms with Crippen molar-refractivity contribution in [3.05, 3.63) is 28.3 Å². The Morgan fingerprint density at radius 3 is 3.00 bits per heavy atom. The van der Waals surface area contributed by atoms with Crippen LogP contribution in [0.4, 0.5) is 5.69 Å². The van der Waals surface area contributed by atoms with Gasteiger partial charge in [0.05, 0.1) is 6.10 Å². The van der Waals surface area contributed by atoms with Crippen LogP contribution in [0.2, 0.25) is 5.02 Å². The van der Waals surface area contributed by atoms with E-state index in [2.05, 4.69) is 0 Å². The molecule has 1 fully saturated rings. The Morgan fingerprint density at radius 2 is 2.20 bits per heavy atom. The first-order valence-electron chi connectivity index (χ1n) is 5.03. The van der Waals surface area contributed by atoms with Crippen LogP contribution in [0.3, 0.4) is 0 Å². The summed E-state index contributed by atoms with van der Waals surface area (Å²) in [5.74, 6) is 2.89. The van der Waals surface area contributed by atoms with Gasteiger partial charge in [-0.1, -0.05) is 11.6 Å². The van der Waals surface area contributed by atoms with Gasteiger partial charge in [-0.05, 0) is 29.4 Å². The fourth-order valence-corrected chi connectivity index (χ4v) is 4.46. The summed E-state index contributed by atoms with van der Waals surface area (Å²) in [6.07, 6.45) is -0.391. The summed E-state index contributed by atoms with van der Waals surface area (Å²) < 4.78 is 0. The molecule has 1 aliphatic carbocycles. The van der Waals surface area contributed by atoms with Gasteiger partial charge < -0.3 is 10.8 Å². The zero-order valence-corrected chi connectivity index (χ0v) is 9.68. The SMILES string of the molecule is Nc1cc(Cl)cc2c1C(O)C1CSCC21. The number of anilines is 1. The lowest BCUT2D eigenvalue weighted by Crippen LogP contribution is -2.09. The highest BCUT2D eigenvalue weighted by atomic mass is 35.5. The van der Waals surface area contributed by atoms with Gasteiger partial charge in [0.1, 0.15) is 0 Å². The number of nitrogens with two attached hydrogens (primary N) is 1. The molecule has 15 heavy (non-hydrogen) atoms. The van der Waals surface area contributed by atoms with Crippen molar-refractivity contribution in [3.8, 4) is 0 Å². The van der Waals surface area contributed by atoms with Crippen molar-refractivity contribution in [2.45, 2.75) is 12.0 Å². The average Bonchev–Trinajstić information content (AvgIpc) is 2.70. The molecule has 0 spiro atoms. The van der Waals surface area contributed by atoms with Crippen molar-refractivity contribution in [1.82, 2.24) is 0 Å². The van der Waals surface area contributed by atoms with Gasteiger partial charge in [-0.25, -0.2) is 0 Å². The van der Waals surface area contributed by atoms with Crippen molar-refractivity contribution < 1.29 is 5.11 Å². The molecule has 3 N–H and O–H groups in total. The third-order valence-electron chi connectivity index (χ3n) is 3.43. The Hall–Kier alpha value is -0.380. The van der Waals surface area contributed by atoms with E-state index in [0.717, 1.165) is 17.1 Å². The van der Waals surface area contributed by atoms with Crippen LogP contribution in [0.5, 0.6) is 0 Å². The molecule has 2 nitrogen and oxygen atoms in total.